The first-order valence-electron chi connectivity index (χ1n) is 9.09. The molecule has 8 heteroatoms. The van der Waals surface area contributed by atoms with E-state index in [1.54, 1.807) is 30.8 Å². The number of allylic oxidation sites excluding steroid dienone is 1. The Labute approximate surface area is 165 Å². The second kappa shape index (κ2) is 6.59. The van der Waals surface area contributed by atoms with E-state index in [9.17, 15) is 15.0 Å². The van der Waals surface area contributed by atoms with Crippen LogP contribution in [0.2, 0.25) is 0 Å². The van der Waals surface area contributed by atoms with Crippen molar-refractivity contribution in [2.24, 2.45) is 4.99 Å². The van der Waals surface area contributed by atoms with Gasteiger partial charge in [-0.3, -0.25) is 4.98 Å². The number of carbonyl (C=O) groups is 1. The minimum Gasteiger partial charge on any atom is -0.504 e. The van der Waals surface area contributed by atoms with Crippen LogP contribution < -0.4 is 4.90 Å². The number of aromatic carboxylic acids is 1. The van der Waals surface area contributed by atoms with Gasteiger partial charge >= 0.3 is 5.97 Å². The quantitative estimate of drug-likeness (QED) is 0.708. The molecule has 0 aliphatic carbocycles. The fraction of sp³-hybridized carbons (Fsp3) is 0.143. The van der Waals surface area contributed by atoms with Crippen LogP contribution in [0.1, 0.15) is 32.9 Å². The molecule has 2 aliphatic rings. The highest BCUT2D eigenvalue weighted by Crippen LogP contribution is 2.40. The summed E-state index contributed by atoms with van der Waals surface area (Å²) in [6.07, 6.45) is 7.26. The fourth-order valence-corrected chi connectivity index (χ4v) is 3.66. The number of aromatic nitrogens is 2. The molecule has 0 aromatic carbocycles. The minimum absolute atomic E-state index is 0.0764. The molecule has 0 radical (unpaired) electrons. The molecule has 29 heavy (non-hydrogen) atoms. The molecule has 0 fully saturated rings. The molecule has 2 N–H and O–H groups in total. The molecule has 0 bridgehead atoms. The number of rotatable bonds is 3. The number of fused-ring (bicyclic) bond motifs is 2. The van der Waals surface area contributed by atoms with E-state index in [2.05, 4.69) is 15.0 Å². The summed E-state index contributed by atoms with van der Waals surface area (Å²) >= 11 is 0. The molecule has 8 nitrogen and oxygen atoms in total. The van der Waals surface area contributed by atoms with E-state index in [1.165, 1.54) is 0 Å². The summed E-state index contributed by atoms with van der Waals surface area (Å²) in [6, 6.07) is 7.45. The maximum absolute atomic E-state index is 11.9. The lowest BCUT2D eigenvalue weighted by atomic mass is 10.1. The van der Waals surface area contributed by atoms with Gasteiger partial charge in [-0.1, -0.05) is 6.07 Å². The highest BCUT2D eigenvalue weighted by molar-refractivity contribution is 6.21. The van der Waals surface area contributed by atoms with Crippen LogP contribution in [-0.4, -0.2) is 38.9 Å². The van der Waals surface area contributed by atoms with Gasteiger partial charge in [-0.2, -0.15) is 0 Å². The first kappa shape index (κ1) is 17.2. The van der Waals surface area contributed by atoms with Gasteiger partial charge in [0, 0.05) is 54.9 Å². The normalized spacial score (nSPS) is 16.1. The van der Waals surface area contributed by atoms with Crippen molar-refractivity contribution in [1.82, 2.24) is 9.97 Å². The fourth-order valence-electron chi connectivity index (χ4n) is 3.66. The molecule has 0 unspecified atom stereocenters. The van der Waals surface area contributed by atoms with Gasteiger partial charge in [0.2, 0.25) is 5.88 Å². The molecule has 5 rings (SSSR count). The van der Waals surface area contributed by atoms with Crippen molar-refractivity contribution in [1.29, 1.82) is 0 Å². The number of furan rings is 1. The number of nitrogens with zero attached hydrogens (tertiary/aromatic N) is 4. The molecule has 0 spiro atoms. The Morgan fingerprint density at radius 2 is 2.03 bits per heavy atom. The summed E-state index contributed by atoms with van der Waals surface area (Å²) in [4.78, 5) is 26.4. The van der Waals surface area contributed by atoms with E-state index in [0.717, 1.165) is 16.8 Å². The van der Waals surface area contributed by atoms with Crippen molar-refractivity contribution in [2.45, 2.75) is 13.0 Å². The Morgan fingerprint density at radius 3 is 2.90 bits per heavy atom. The molecule has 0 saturated carbocycles. The van der Waals surface area contributed by atoms with Crippen molar-refractivity contribution in [3.05, 3.63) is 64.8 Å². The predicted molar refractivity (Wildman–Crippen MR) is 107 cm³/mol. The zero-order valence-electron chi connectivity index (χ0n) is 15.2. The van der Waals surface area contributed by atoms with Crippen molar-refractivity contribution < 1.29 is 19.4 Å². The zero-order valence-corrected chi connectivity index (χ0v) is 15.2. The van der Waals surface area contributed by atoms with Crippen molar-refractivity contribution in [2.75, 3.05) is 11.4 Å². The minimum atomic E-state index is -1.25. The average molecular weight is 388 g/mol. The van der Waals surface area contributed by atoms with Gasteiger partial charge in [0.25, 0.3) is 0 Å². The molecular weight excluding hydrogens is 372 g/mol. The zero-order chi connectivity index (χ0) is 20.0. The molecule has 5 heterocycles. The molecule has 2 aliphatic heterocycles. The standard InChI is InChI=1S/C21H16N4O4/c26-18-16(9-13-10-24-19-14(13)4-2-7-23-19)29-20(17(18)21(27)28)25-8-5-15-12(11-25)3-1-6-22-15/h1-4,6-7,9-10,26H,5,8,11H2,(H,27,28). The Balaban J connectivity index is 1.56. The number of carboxylic acid groups (broad SMARTS) is 1. The molecule has 144 valence electrons. The summed E-state index contributed by atoms with van der Waals surface area (Å²) < 4.78 is 5.85. The number of carboxylic acids is 1. The third kappa shape index (κ3) is 2.85. The summed E-state index contributed by atoms with van der Waals surface area (Å²) in [5.74, 6) is -0.860. The highest BCUT2D eigenvalue weighted by atomic mass is 16.4. The van der Waals surface area contributed by atoms with Crippen LogP contribution >= 0.6 is 0 Å². The number of pyridine rings is 2. The number of hydrogen-bond donors (Lipinski definition) is 2. The van der Waals surface area contributed by atoms with E-state index in [0.29, 0.717) is 30.9 Å². The smallest absolute Gasteiger partial charge is 0.345 e. The Bertz CT molecular complexity index is 1200. The summed E-state index contributed by atoms with van der Waals surface area (Å²) in [5.41, 5.74) is 3.23. The van der Waals surface area contributed by atoms with E-state index in [4.69, 9.17) is 4.42 Å². The van der Waals surface area contributed by atoms with Crippen molar-refractivity contribution in [3.63, 3.8) is 0 Å². The average Bonchev–Trinajstić information content (AvgIpc) is 3.29. The first-order chi connectivity index (χ1) is 14.1. The van der Waals surface area contributed by atoms with Gasteiger partial charge in [0.05, 0.1) is 0 Å². The lowest BCUT2D eigenvalue weighted by Crippen LogP contribution is -2.31. The maximum atomic E-state index is 11.9. The molecule has 0 saturated heterocycles. The largest absolute Gasteiger partial charge is 0.504 e. The van der Waals surface area contributed by atoms with Gasteiger partial charge < -0.3 is 19.5 Å². The molecule has 3 aromatic heterocycles. The molecule has 3 aromatic rings. The van der Waals surface area contributed by atoms with Crippen LogP contribution in [0, 0.1) is 0 Å². The van der Waals surface area contributed by atoms with Gasteiger partial charge in [-0.15, -0.1) is 0 Å². The lowest BCUT2D eigenvalue weighted by molar-refractivity contribution is 0.0694. The third-order valence-corrected chi connectivity index (χ3v) is 5.07. The van der Waals surface area contributed by atoms with Gasteiger partial charge in [0.1, 0.15) is 0 Å². The van der Waals surface area contributed by atoms with Crippen LogP contribution in [0.15, 0.2) is 46.1 Å². The van der Waals surface area contributed by atoms with Crippen LogP contribution in [0.3, 0.4) is 0 Å². The van der Waals surface area contributed by atoms with Crippen molar-refractivity contribution in [3.8, 4) is 5.75 Å². The predicted octanol–water partition coefficient (Wildman–Crippen LogP) is 3.29. The summed E-state index contributed by atoms with van der Waals surface area (Å²) in [5, 5.41) is 20.3. The van der Waals surface area contributed by atoms with Gasteiger partial charge in [0.15, 0.2) is 22.9 Å². The molecule has 0 amide bonds. The Kier molecular flexibility index (Phi) is 3.90. The van der Waals surface area contributed by atoms with Crippen LogP contribution in [-0.2, 0) is 13.0 Å². The monoisotopic (exact) mass is 388 g/mol. The second-order valence-electron chi connectivity index (χ2n) is 6.81. The van der Waals surface area contributed by atoms with Gasteiger partial charge in [-0.25, -0.2) is 14.8 Å². The number of aromatic hydroxyl groups is 1. The van der Waals surface area contributed by atoms with E-state index in [1.807, 2.05) is 23.1 Å². The van der Waals surface area contributed by atoms with E-state index in [-0.39, 0.29) is 17.2 Å². The number of anilines is 1. The maximum Gasteiger partial charge on any atom is 0.345 e. The van der Waals surface area contributed by atoms with Crippen LogP contribution in [0.25, 0.3) is 11.6 Å². The Hall–Kier alpha value is -3.94. The first-order valence-corrected chi connectivity index (χ1v) is 9.09. The van der Waals surface area contributed by atoms with Crippen molar-refractivity contribution >= 4 is 35.5 Å². The number of hydrogen-bond acceptors (Lipinski definition) is 7. The molecule has 0 atom stereocenters. The highest BCUT2D eigenvalue weighted by Gasteiger charge is 2.31. The Morgan fingerprint density at radius 1 is 1.21 bits per heavy atom. The van der Waals surface area contributed by atoms with Crippen LogP contribution in [0.4, 0.5) is 11.7 Å². The third-order valence-electron chi connectivity index (χ3n) is 5.07. The van der Waals surface area contributed by atoms with E-state index < -0.39 is 11.7 Å². The SMILES string of the molecule is O=C(O)c1c(N2CCc3ncccc3C2)oc(C=C2C=Nc3ncccc32)c1O. The van der Waals surface area contributed by atoms with Gasteiger partial charge in [-0.05, 0) is 29.8 Å². The topological polar surface area (TPSA) is 112 Å². The summed E-state index contributed by atoms with van der Waals surface area (Å²) in [7, 11) is 0. The second-order valence-corrected chi connectivity index (χ2v) is 6.81. The van der Waals surface area contributed by atoms with Crippen LogP contribution in [0.5, 0.6) is 5.75 Å². The summed E-state index contributed by atoms with van der Waals surface area (Å²) in [6.45, 7) is 1.00. The molecular formula is C21H16N4O4. The lowest BCUT2D eigenvalue weighted by Gasteiger charge is -2.28. The van der Waals surface area contributed by atoms with E-state index >= 15 is 0 Å². The number of aliphatic imine (C=N–C) groups is 1.